The lowest BCUT2D eigenvalue weighted by atomic mass is 10.1. The Morgan fingerprint density at radius 1 is 1.43 bits per heavy atom. The summed E-state index contributed by atoms with van der Waals surface area (Å²) in [6, 6.07) is 0.540. The number of piperidine rings is 1. The van der Waals surface area contributed by atoms with E-state index in [0.717, 1.165) is 13.1 Å². The van der Waals surface area contributed by atoms with Crippen LogP contribution in [0.3, 0.4) is 0 Å². The Hall–Kier alpha value is -0.830. The molecular weight excluding hydrogens is 174 g/mol. The van der Waals surface area contributed by atoms with E-state index in [1.807, 2.05) is 5.01 Å². The molecule has 1 heterocycles. The van der Waals surface area contributed by atoms with Gasteiger partial charge in [0.15, 0.2) is 0 Å². The predicted molar refractivity (Wildman–Crippen MR) is 61.3 cm³/mol. The van der Waals surface area contributed by atoms with E-state index in [1.54, 1.807) is 0 Å². The number of hydrogen-bond donors (Lipinski definition) is 0. The number of rotatable bonds is 3. The molecule has 0 spiro atoms. The van der Waals surface area contributed by atoms with E-state index in [-0.39, 0.29) is 0 Å². The summed E-state index contributed by atoms with van der Waals surface area (Å²) in [6.45, 7) is 10.1. The minimum atomic E-state index is 0.540. The van der Waals surface area contributed by atoms with Gasteiger partial charge >= 0.3 is 0 Å². The molecule has 0 aromatic carbocycles. The molecule has 80 valence electrons. The first kappa shape index (κ1) is 11.2. The van der Waals surface area contributed by atoms with Crippen LogP contribution in [0.1, 0.15) is 26.7 Å². The van der Waals surface area contributed by atoms with E-state index in [4.69, 9.17) is 0 Å². The van der Waals surface area contributed by atoms with Gasteiger partial charge in [-0.25, -0.2) is 0 Å². The van der Waals surface area contributed by atoms with Crippen molar-refractivity contribution in [3.05, 3.63) is 11.8 Å². The highest BCUT2D eigenvalue weighted by molar-refractivity contribution is 5.23. The molecule has 14 heavy (non-hydrogen) atoms. The molecule has 3 heteroatoms. The lowest BCUT2D eigenvalue weighted by molar-refractivity contribution is 0.164. The van der Waals surface area contributed by atoms with Crippen molar-refractivity contribution >= 4 is 6.72 Å². The van der Waals surface area contributed by atoms with Gasteiger partial charge in [-0.15, -0.1) is 0 Å². The molecule has 0 radical (unpaired) electrons. The van der Waals surface area contributed by atoms with Crippen LogP contribution >= 0.6 is 0 Å². The van der Waals surface area contributed by atoms with Crippen LogP contribution in [0.25, 0.3) is 0 Å². The summed E-state index contributed by atoms with van der Waals surface area (Å²) >= 11 is 0. The lowest BCUT2D eigenvalue weighted by Crippen LogP contribution is -2.39. The zero-order chi connectivity index (χ0) is 10.6. The van der Waals surface area contributed by atoms with E-state index >= 15 is 0 Å². The third-order valence-corrected chi connectivity index (χ3v) is 2.62. The van der Waals surface area contributed by atoms with Crippen molar-refractivity contribution in [1.82, 2.24) is 9.91 Å². The summed E-state index contributed by atoms with van der Waals surface area (Å²) in [5.41, 5.74) is 1.27. The van der Waals surface area contributed by atoms with Crippen molar-refractivity contribution in [2.45, 2.75) is 32.7 Å². The van der Waals surface area contributed by atoms with Crippen LogP contribution in [0.15, 0.2) is 16.9 Å². The molecule has 0 saturated carbocycles. The molecule has 0 aromatic rings. The standard InChI is InChI=1S/C11H21N3/c1-10(2)9-14(12-3)11-5-7-13(4)8-6-11/h9,11H,3,5-8H2,1-2,4H3. The highest BCUT2D eigenvalue weighted by Crippen LogP contribution is 2.16. The van der Waals surface area contributed by atoms with Crippen molar-refractivity contribution in [1.29, 1.82) is 0 Å². The van der Waals surface area contributed by atoms with Gasteiger partial charge in [0.2, 0.25) is 0 Å². The smallest absolute Gasteiger partial charge is 0.0543 e. The third kappa shape index (κ3) is 3.14. The molecule has 3 nitrogen and oxygen atoms in total. The summed E-state index contributed by atoms with van der Waals surface area (Å²) < 4.78 is 0. The second kappa shape index (κ2) is 5.15. The van der Waals surface area contributed by atoms with E-state index in [9.17, 15) is 0 Å². The number of likely N-dealkylation sites (tertiary alicyclic amines) is 1. The molecule has 0 amide bonds. The summed E-state index contributed by atoms with van der Waals surface area (Å²) in [5, 5.41) is 6.08. The largest absolute Gasteiger partial charge is 0.306 e. The highest BCUT2D eigenvalue weighted by atomic mass is 15.5. The van der Waals surface area contributed by atoms with Gasteiger partial charge in [0.25, 0.3) is 0 Å². The Labute approximate surface area is 87.1 Å². The number of hydrazone groups is 1. The average Bonchev–Trinajstić information content (AvgIpc) is 2.15. The van der Waals surface area contributed by atoms with Gasteiger partial charge in [-0.05, 0) is 46.8 Å². The molecule has 1 fully saturated rings. The summed E-state index contributed by atoms with van der Waals surface area (Å²) in [5.74, 6) is 0. The van der Waals surface area contributed by atoms with Crippen LogP contribution in [-0.2, 0) is 0 Å². The topological polar surface area (TPSA) is 18.8 Å². The van der Waals surface area contributed by atoms with Gasteiger partial charge in [-0.1, -0.05) is 5.57 Å². The maximum Gasteiger partial charge on any atom is 0.0543 e. The number of allylic oxidation sites excluding steroid dienone is 1. The van der Waals surface area contributed by atoms with Crippen molar-refractivity contribution in [2.75, 3.05) is 20.1 Å². The number of hydrogen-bond acceptors (Lipinski definition) is 3. The Morgan fingerprint density at radius 2 is 2.00 bits per heavy atom. The van der Waals surface area contributed by atoms with Crippen molar-refractivity contribution < 1.29 is 0 Å². The molecule has 0 bridgehead atoms. The van der Waals surface area contributed by atoms with Crippen LogP contribution < -0.4 is 0 Å². The fourth-order valence-electron chi connectivity index (χ4n) is 1.79. The first-order valence-corrected chi connectivity index (χ1v) is 5.22. The molecular formula is C11H21N3. The van der Waals surface area contributed by atoms with E-state index < -0.39 is 0 Å². The fraction of sp³-hybridized carbons (Fsp3) is 0.727. The SMILES string of the molecule is C=NN(C=C(C)C)C1CCN(C)CC1. The molecule has 0 atom stereocenters. The van der Waals surface area contributed by atoms with E-state index in [0.29, 0.717) is 6.04 Å². The van der Waals surface area contributed by atoms with Crippen LogP contribution in [0.2, 0.25) is 0 Å². The van der Waals surface area contributed by atoms with Gasteiger partial charge in [0.1, 0.15) is 0 Å². The van der Waals surface area contributed by atoms with Crippen LogP contribution in [0.5, 0.6) is 0 Å². The average molecular weight is 195 g/mol. The van der Waals surface area contributed by atoms with Crippen LogP contribution in [0.4, 0.5) is 0 Å². The van der Waals surface area contributed by atoms with Gasteiger partial charge < -0.3 is 4.90 Å². The summed E-state index contributed by atoms with van der Waals surface area (Å²) in [6.07, 6.45) is 4.45. The maximum absolute atomic E-state index is 4.07. The summed E-state index contributed by atoms with van der Waals surface area (Å²) in [7, 11) is 2.17. The molecule has 1 rings (SSSR count). The van der Waals surface area contributed by atoms with Crippen molar-refractivity contribution in [2.24, 2.45) is 5.10 Å². The van der Waals surface area contributed by atoms with Crippen molar-refractivity contribution in [3.8, 4) is 0 Å². The molecule has 0 N–H and O–H groups in total. The second-order valence-corrected chi connectivity index (χ2v) is 4.26. The zero-order valence-electron chi connectivity index (χ0n) is 9.53. The Kier molecular flexibility index (Phi) is 4.14. The molecule has 0 aromatic heterocycles. The first-order valence-electron chi connectivity index (χ1n) is 5.22. The molecule has 0 unspecified atom stereocenters. The highest BCUT2D eigenvalue weighted by Gasteiger charge is 2.20. The lowest BCUT2D eigenvalue weighted by Gasteiger charge is -2.33. The monoisotopic (exact) mass is 195 g/mol. The van der Waals surface area contributed by atoms with Gasteiger partial charge in [0, 0.05) is 12.9 Å². The summed E-state index contributed by atoms with van der Waals surface area (Å²) in [4.78, 5) is 2.36. The third-order valence-electron chi connectivity index (χ3n) is 2.62. The van der Waals surface area contributed by atoms with Crippen molar-refractivity contribution in [3.63, 3.8) is 0 Å². The Morgan fingerprint density at radius 3 is 2.43 bits per heavy atom. The Balaban J connectivity index is 2.53. The molecule has 1 saturated heterocycles. The van der Waals surface area contributed by atoms with Crippen LogP contribution in [0, 0.1) is 0 Å². The van der Waals surface area contributed by atoms with Gasteiger partial charge in [-0.3, -0.25) is 5.01 Å². The predicted octanol–water partition coefficient (Wildman–Crippen LogP) is 1.92. The minimum absolute atomic E-state index is 0.540. The Bertz CT molecular complexity index is 211. The van der Waals surface area contributed by atoms with E-state index in [1.165, 1.54) is 18.4 Å². The molecule has 0 aliphatic carbocycles. The van der Waals surface area contributed by atoms with Gasteiger partial charge in [-0.2, -0.15) is 5.10 Å². The second-order valence-electron chi connectivity index (χ2n) is 4.26. The maximum atomic E-state index is 4.07. The zero-order valence-corrected chi connectivity index (χ0v) is 9.53. The quantitative estimate of drug-likeness (QED) is 0.506. The van der Waals surface area contributed by atoms with Crippen LogP contribution in [-0.4, -0.2) is 42.8 Å². The van der Waals surface area contributed by atoms with Gasteiger partial charge in [0.05, 0.1) is 6.04 Å². The van der Waals surface area contributed by atoms with E-state index in [2.05, 4.69) is 43.8 Å². The number of nitrogens with zero attached hydrogens (tertiary/aromatic N) is 3. The first-order chi connectivity index (χ1) is 6.63. The molecule has 1 aliphatic rings. The fourth-order valence-corrected chi connectivity index (χ4v) is 1.79. The normalized spacial score (nSPS) is 19.1. The minimum Gasteiger partial charge on any atom is -0.306 e. The molecule has 1 aliphatic heterocycles.